The van der Waals surface area contributed by atoms with E-state index >= 15 is 0 Å². The highest BCUT2D eigenvalue weighted by Crippen LogP contribution is 2.40. The van der Waals surface area contributed by atoms with Crippen LogP contribution in [0.1, 0.15) is 44.4 Å². The van der Waals surface area contributed by atoms with Crippen molar-refractivity contribution < 1.29 is 13.9 Å². The number of para-hydroxylation sites is 1. The SMILES string of the molecule is Cc1cc(C)c2oc3c(c(=O)c2c1)[C@@H](c1cccc(Oc2ccccc2)c1)N(Cc1cccnc1)C3=O. The lowest BCUT2D eigenvalue weighted by Crippen LogP contribution is -2.29. The first kappa shape index (κ1) is 22.7. The molecule has 6 rings (SSSR count). The third kappa shape index (κ3) is 4.06. The fraction of sp³-hybridized carbons (Fsp3) is 0.129. The van der Waals surface area contributed by atoms with Gasteiger partial charge in [-0.05, 0) is 72.5 Å². The third-order valence-corrected chi connectivity index (χ3v) is 6.63. The summed E-state index contributed by atoms with van der Waals surface area (Å²) in [6.45, 7) is 4.11. The average Bonchev–Trinajstić information content (AvgIpc) is 3.18. The normalized spacial score (nSPS) is 14.7. The predicted octanol–water partition coefficient (Wildman–Crippen LogP) is 6.34. The minimum atomic E-state index is -0.636. The van der Waals surface area contributed by atoms with E-state index < -0.39 is 6.04 Å². The second-order valence-corrected chi connectivity index (χ2v) is 9.32. The molecule has 2 aromatic heterocycles. The van der Waals surface area contributed by atoms with Crippen LogP contribution in [0.25, 0.3) is 11.0 Å². The number of carbonyl (C=O) groups excluding carboxylic acids is 1. The Morgan fingerprint density at radius 1 is 0.919 bits per heavy atom. The number of fused-ring (bicyclic) bond motifs is 2. The zero-order valence-corrected chi connectivity index (χ0v) is 20.5. The summed E-state index contributed by atoms with van der Waals surface area (Å²) < 4.78 is 12.3. The molecule has 0 radical (unpaired) electrons. The standard InChI is InChI=1S/C31H24N2O4/c1-19-14-20(2)29-25(15-19)28(34)26-27(22-9-6-12-24(16-22)36-23-10-4-3-5-11-23)33(31(35)30(26)37-29)18-21-8-7-13-32-17-21/h3-17,27H,18H2,1-2H3/t27-/m1/s1. The van der Waals surface area contributed by atoms with Crippen LogP contribution >= 0.6 is 0 Å². The number of carbonyl (C=O) groups is 1. The van der Waals surface area contributed by atoms with Gasteiger partial charge in [0.15, 0.2) is 5.43 Å². The van der Waals surface area contributed by atoms with Gasteiger partial charge in [0.1, 0.15) is 17.1 Å². The van der Waals surface area contributed by atoms with Crippen molar-refractivity contribution in [2.24, 2.45) is 0 Å². The Bertz CT molecular complexity index is 1690. The quantitative estimate of drug-likeness (QED) is 0.289. The van der Waals surface area contributed by atoms with Gasteiger partial charge in [0.05, 0.1) is 17.0 Å². The molecule has 0 N–H and O–H groups in total. The van der Waals surface area contributed by atoms with Crippen LogP contribution < -0.4 is 10.2 Å². The van der Waals surface area contributed by atoms with Crippen LogP contribution in [0.4, 0.5) is 0 Å². The van der Waals surface area contributed by atoms with E-state index in [4.69, 9.17) is 9.15 Å². The topological polar surface area (TPSA) is 72.6 Å². The molecular weight excluding hydrogens is 464 g/mol. The number of ether oxygens (including phenoxy) is 1. The number of pyridine rings is 1. The maximum absolute atomic E-state index is 13.9. The molecule has 37 heavy (non-hydrogen) atoms. The zero-order valence-electron chi connectivity index (χ0n) is 20.5. The molecule has 5 aromatic rings. The molecule has 6 nitrogen and oxygen atoms in total. The Kier molecular flexibility index (Phi) is 5.57. The molecule has 1 aliphatic rings. The Hall–Kier alpha value is -4.71. The number of benzene rings is 3. The maximum atomic E-state index is 13.9. The summed E-state index contributed by atoms with van der Waals surface area (Å²) in [6.07, 6.45) is 3.41. The fourth-order valence-electron chi connectivity index (χ4n) is 5.05. The molecule has 0 fully saturated rings. The van der Waals surface area contributed by atoms with E-state index in [1.165, 1.54) is 0 Å². The highest BCUT2D eigenvalue weighted by Gasteiger charge is 2.43. The zero-order chi connectivity index (χ0) is 25.5. The summed E-state index contributed by atoms with van der Waals surface area (Å²) in [4.78, 5) is 33.6. The lowest BCUT2D eigenvalue weighted by Gasteiger charge is -2.25. The van der Waals surface area contributed by atoms with Crippen molar-refractivity contribution in [1.82, 2.24) is 9.88 Å². The largest absolute Gasteiger partial charge is 0.457 e. The molecule has 182 valence electrons. The Morgan fingerprint density at radius 3 is 2.51 bits per heavy atom. The Balaban J connectivity index is 1.53. The number of hydrogen-bond acceptors (Lipinski definition) is 5. The van der Waals surface area contributed by atoms with Crippen molar-refractivity contribution in [3.63, 3.8) is 0 Å². The highest BCUT2D eigenvalue weighted by molar-refractivity contribution is 5.99. The van der Waals surface area contributed by atoms with Crippen LogP contribution in [0.5, 0.6) is 11.5 Å². The van der Waals surface area contributed by atoms with E-state index in [-0.39, 0.29) is 23.6 Å². The molecule has 1 aliphatic heterocycles. The molecule has 3 heterocycles. The van der Waals surface area contributed by atoms with E-state index in [1.54, 1.807) is 17.3 Å². The molecule has 0 spiro atoms. The molecule has 3 aromatic carbocycles. The van der Waals surface area contributed by atoms with Gasteiger partial charge in [-0.1, -0.05) is 42.5 Å². The molecule has 0 saturated carbocycles. The molecule has 1 atom stereocenters. The van der Waals surface area contributed by atoms with Crippen molar-refractivity contribution in [1.29, 1.82) is 0 Å². The van der Waals surface area contributed by atoms with Gasteiger partial charge in [0.25, 0.3) is 5.91 Å². The molecule has 0 aliphatic carbocycles. The molecule has 6 heteroatoms. The third-order valence-electron chi connectivity index (χ3n) is 6.63. The van der Waals surface area contributed by atoms with Gasteiger partial charge in [-0.3, -0.25) is 14.6 Å². The molecular formula is C31H24N2O4. The summed E-state index contributed by atoms with van der Waals surface area (Å²) in [5, 5.41) is 0.481. The van der Waals surface area contributed by atoms with Crippen LogP contribution in [0, 0.1) is 13.8 Å². The minimum Gasteiger partial charge on any atom is -0.457 e. The number of amides is 1. The number of aromatic nitrogens is 1. The van der Waals surface area contributed by atoms with E-state index in [1.807, 2.05) is 92.7 Å². The van der Waals surface area contributed by atoms with Crippen molar-refractivity contribution >= 4 is 16.9 Å². The van der Waals surface area contributed by atoms with Crippen LogP contribution in [-0.4, -0.2) is 15.8 Å². The summed E-state index contributed by atoms with van der Waals surface area (Å²) in [7, 11) is 0. The van der Waals surface area contributed by atoms with Gasteiger partial charge in [-0.25, -0.2) is 0 Å². The van der Waals surface area contributed by atoms with Gasteiger partial charge in [0.2, 0.25) is 5.76 Å². The molecule has 0 saturated heterocycles. The Labute approximate surface area is 213 Å². The number of hydrogen-bond donors (Lipinski definition) is 0. The van der Waals surface area contributed by atoms with E-state index in [9.17, 15) is 9.59 Å². The van der Waals surface area contributed by atoms with E-state index in [2.05, 4.69) is 4.98 Å². The highest BCUT2D eigenvalue weighted by atomic mass is 16.5. The van der Waals surface area contributed by atoms with Crippen LogP contribution in [-0.2, 0) is 6.54 Å². The van der Waals surface area contributed by atoms with Crippen molar-refractivity contribution in [2.45, 2.75) is 26.4 Å². The summed E-state index contributed by atoms with van der Waals surface area (Å²) >= 11 is 0. The average molecular weight is 489 g/mol. The van der Waals surface area contributed by atoms with Gasteiger partial charge in [-0.15, -0.1) is 0 Å². The lowest BCUT2D eigenvalue weighted by atomic mass is 9.97. The lowest BCUT2D eigenvalue weighted by molar-refractivity contribution is 0.0714. The van der Waals surface area contributed by atoms with Crippen LogP contribution in [0.15, 0.2) is 100 Å². The number of aryl methyl sites for hydroxylation is 2. The smallest absolute Gasteiger partial charge is 0.291 e. The molecule has 0 unspecified atom stereocenters. The Morgan fingerprint density at radius 2 is 1.73 bits per heavy atom. The molecule has 0 bridgehead atoms. The summed E-state index contributed by atoms with van der Waals surface area (Å²) in [5.74, 6) is 1.08. The fourth-order valence-corrected chi connectivity index (χ4v) is 5.05. The van der Waals surface area contributed by atoms with Crippen molar-refractivity contribution in [2.75, 3.05) is 0 Å². The minimum absolute atomic E-state index is 0.0905. The van der Waals surface area contributed by atoms with Gasteiger partial charge < -0.3 is 14.1 Å². The van der Waals surface area contributed by atoms with Crippen LogP contribution in [0.3, 0.4) is 0 Å². The van der Waals surface area contributed by atoms with E-state index in [0.29, 0.717) is 28.0 Å². The van der Waals surface area contributed by atoms with Crippen LogP contribution in [0.2, 0.25) is 0 Å². The van der Waals surface area contributed by atoms with Gasteiger partial charge >= 0.3 is 0 Å². The van der Waals surface area contributed by atoms with E-state index in [0.717, 1.165) is 22.3 Å². The van der Waals surface area contributed by atoms with Gasteiger partial charge in [-0.2, -0.15) is 0 Å². The van der Waals surface area contributed by atoms with Crippen molar-refractivity contribution in [3.8, 4) is 11.5 Å². The predicted molar refractivity (Wildman–Crippen MR) is 141 cm³/mol. The monoisotopic (exact) mass is 488 g/mol. The second kappa shape index (κ2) is 9.06. The molecule has 1 amide bonds. The van der Waals surface area contributed by atoms with Crippen molar-refractivity contribution in [3.05, 3.63) is 135 Å². The maximum Gasteiger partial charge on any atom is 0.291 e. The number of nitrogens with zero attached hydrogens (tertiary/aromatic N) is 2. The second-order valence-electron chi connectivity index (χ2n) is 9.32. The summed E-state index contributed by atoms with van der Waals surface area (Å²) in [5.41, 5.74) is 4.01. The number of rotatable bonds is 5. The first-order valence-electron chi connectivity index (χ1n) is 12.1. The summed E-state index contributed by atoms with van der Waals surface area (Å²) in [6, 6.07) is 23.9. The first-order valence-corrected chi connectivity index (χ1v) is 12.1. The first-order chi connectivity index (χ1) is 18.0. The van der Waals surface area contributed by atoms with Gasteiger partial charge in [0, 0.05) is 18.9 Å².